The number of ether oxygens (including phenoxy) is 6. The predicted molar refractivity (Wildman–Crippen MR) is 165 cm³/mol. The van der Waals surface area contributed by atoms with Crippen LogP contribution in [0.15, 0.2) is 12.1 Å². The molecule has 0 radical (unpaired) electrons. The summed E-state index contributed by atoms with van der Waals surface area (Å²) < 4.78 is 33.1. The number of aryl methyl sites for hydroxylation is 1. The predicted octanol–water partition coefficient (Wildman–Crippen LogP) is 3.43. The third kappa shape index (κ3) is 10.1. The molecule has 0 saturated heterocycles. The molecular weight excluding hydrogens is 640 g/mol. The highest BCUT2D eigenvalue weighted by Crippen LogP contribution is 2.48. The zero-order valence-corrected chi connectivity index (χ0v) is 27.8. The first kappa shape index (κ1) is 38.4. The summed E-state index contributed by atoms with van der Waals surface area (Å²) in [5.74, 6) is -7.40. The fourth-order valence-electron chi connectivity index (χ4n) is 4.03. The molecule has 262 valence electrons. The summed E-state index contributed by atoms with van der Waals surface area (Å²) in [6.07, 6.45) is -3.04. The largest absolute Gasteiger partial charge is 0.507 e. The number of nitrogens with one attached hydrogen (secondary N) is 2. The van der Waals surface area contributed by atoms with Crippen LogP contribution in [0.2, 0.25) is 0 Å². The summed E-state index contributed by atoms with van der Waals surface area (Å²) in [6, 6.07) is 2.10. The maximum Gasteiger partial charge on any atom is 0.405 e. The lowest BCUT2D eigenvalue weighted by molar-refractivity contribution is -0.134. The van der Waals surface area contributed by atoms with Gasteiger partial charge in [-0.25, -0.2) is 24.0 Å². The summed E-state index contributed by atoms with van der Waals surface area (Å²) in [5.41, 5.74) is -3.73. The van der Waals surface area contributed by atoms with Gasteiger partial charge in [-0.3, -0.25) is 4.79 Å². The van der Waals surface area contributed by atoms with Gasteiger partial charge in [0.1, 0.15) is 35.6 Å². The van der Waals surface area contributed by atoms with Crippen LogP contribution in [-0.4, -0.2) is 89.7 Å². The number of aromatic hydroxyl groups is 1. The molecule has 2 aromatic rings. The molecule has 0 heterocycles. The number of carbonyl (C=O) groups excluding carboxylic acids is 4. The van der Waals surface area contributed by atoms with Gasteiger partial charge in [-0.15, -0.1) is 0 Å². The van der Waals surface area contributed by atoms with Gasteiger partial charge in [0.25, 0.3) is 0 Å². The number of phenols is 1. The molecule has 5 N–H and O–H groups in total. The number of rotatable bonds is 12. The first-order chi connectivity index (χ1) is 22.1. The van der Waals surface area contributed by atoms with E-state index in [2.05, 4.69) is 0 Å². The molecule has 0 aliphatic heterocycles. The number of methoxy groups -OCH3 is 2. The molecule has 0 spiro atoms. The van der Waals surface area contributed by atoms with E-state index in [1.54, 1.807) is 41.5 Å². The summed E-state index contributed by atoms with van der Waals surface area (Å²) in [4.78, 5) is 74.9. The third-order valence-electron chi connectivity index (χ3n) is 5.69. The number of amides is 2. The molecule has 0 unspecified atom stereocenters. The molecule has 17 nitrogen and oxygen atoms in total. The molecule has 0 fully saturated rings. The quantitative estimate of drug-likeness (QED) is 0.123. The third-order valence-corrected chi connectivity index (χ3v) is 5.69. The van der Waals surface area contributed by atoms with Crippen molar-refractivity contribution in [1.29, 1.82) is 0 Å². The Balaban J connectivity index is 3.04. The van der Waals surface area contributed by atoms with Crippen molar-refractivity contribution in [2.24, 2.45) is 0 Å². The fraction of sp³-hybridized carbons (Fsp3) is 0.419. The minimum Gasteiger partial charge on any atom is -0.507 e. The Morgan fingerprint density at radius 3 is 1.65 bits per heavy atom. The van der Waals surface area contributed by atoms with Gasteiger partial charge in [0.15, 0.2) is 23.0 Å². The fourth-order valence-corrected chi connectivity index (χ4v) is 4.03. The van der Waals surface area contributed by atoms with Crippen molar-refractivity contribution in [2.45, 2.75) is 59.7 Å². The molecule has 2 rings (SSSR count). The number of benzene rings is 2. The topological polar surface area (TPSA) is 243 Å². The number of phenolic OH excluding ortho intramolecular Hbond substituents is 1. The second-order valence-corrected chi connectivity index (χ2v) is 11.9. The average Bonchev–Trinajstić information content (AvgIpc) is 2.95. The van der Waals surface area contributed by atoms with Crippen LogP contribution in [-0.2, 0) is 14.3 Å². The van der Waals surface area contributed by atoms with Crippen molar-refractivity contribution in [2.75, 3.05) is 27.3 Å². The van der Waals surface area contributed by atoms with Gasteiger partial charge in [0, 0.05) is 0 Å². The van der Waals surface area contributed by atoms with Crippen molar-refractivity contribution in [3.8, 4) is 34.5 Å². The van der Waals surface area contributed by atoms with Gasteiger partial charge in [-0.2, -0.15) is 0 Å². The summed E-state index contributed by atoms with van der Waals surface area (Å²) >= 11 is 0. The molecule has 0 aliphatic carbocycles. The molecule has 0 saturated carbocycles. The van der Waals surface area contributed by atoms with E-state index < -0.39 is 99.9 Å². The molecule has 17 heteroatoms. The number of hydrogen-bond donors (Lipinski definition) is 5. The second-order valence-electron chi connectivity index (χ2n) is 11.9. The average molecular weight is 679 g/mol. The van der Waals surface area contributed by atoms with Crippen LogP contribution in [0.5, 0.6) is 34.5 Å². The van der Waals surface area contributed by atoms with Gasteiger partial charge in [0.05, 0.1) is 25.3 Å². The number of hydrogen-bond acceptors (Lipinski definition) is 13. The lowest BCUT2D eigenvalue weighted by atomic mass is 9.93. The molecule has 0 atom stereocenters. The number of ketones is 1. The van der Waals surface area contributed by atoms with E-state index >= 15 is 0 Å². The zero-order valence-electron chi connectivity index (χ0n) is 27.8. The van der Waals surface area contributed by atoms with E-state index in [-0.39, 0.29) is 17.1 Å². The Morgan fingerprint density at radius 2 is 1.21 bits per heavy atom. The summed E-state index contributed by atoms with van der Waals surface area (Å²) in [6.45, 7) is 9.44. The SMILES string of the molecule is COC(=O)c1cc(OC(C)(C)C)c(OC(=O)CNC(=O)O)c(OC)c1C(=O)c1c(O)cc(C)c(OC(=O)CNC(=O)O)c1OC(C)(C)C. The Kier molecular flexibility index (Phi) is 12.2. The number of carbonyl (C=O) groups is 6. The maximum atomic E-state index is 14.6. The molecule has 0 aromatic heterocycles. The van der Waals surface area contributed by atoms with Gasteiger partial charge < -0.3 is 54.4 Å². The van der Waals surface area contributed by atoms with Crippen molar-refractivity contribution in [1.82, 2.24) is 10.6 Å². The molecule has 0 bridgehead atoms. The Bertz CT molecular complexity index is 1620. The van der Waals surface area contributed by atoms with Gasteiger partial charge in [0.2, 0.25) is 11.5 Å². The first-order valence-corrected chi connectivity index (χ1v) is 14.1. The molecular formula is C31H38N2O15. The van der Waals surface area contributed by atoms with Crippen molar-refractivity contribution in [3.63, 3.8) is 0 Å². The number of esters is 3. The van der Waals surface area contributed by atoms with Crippen LogP contribution in [0.4, 0.5) is 9.59 Å². The van der Waals surface area contributed by atoms with Crippen LogP contribution in [0.1, 0.15) is 73.4 Å². The van der Waals surface area contributed by atoms with Crippen molar-refractivity contribution >= 4 is 35.9 Å². The van der Waals surface area contributed by atoms with E-state index in [1.807, 2.05) is 10.6 Å². The normalized spacial score (nSPS) is 11.1. The van der Waals surface area contributed by atoms with Crippen LogP contribution < -0.4 is 34.3 Å². The van der Waals surface area contributed by atoms with E-state index in [1.165, 1.54) is 6.92 Å². The lowest BCUT2D eigenvalue weighted by Crippen LogP contribution is -2.31. The molecule has 48 heavy (non-hydrogen) atoms. The van der Waals surface area contributed by atoms with Crippen molar-refractivity contribution < 1.29 is 72.5 Å². The van der Waals surface area contributed by atoms with E-state index in [0.29, 0.717) is 0 Å². The van der Waals surface area contributed by atoms with E-state index in [9.17, 15) is 33.9 Å². The monoisotopic (exact) mass is 678 g/mol. The van der Waals surface area contributed by atoms with Crippen LogP contribution in [0.25, 0.3) is 0 Å². The van der Waals surface area contributed by atoms with Crippen molar-refractivity contribution in [3.05, 3.63) is 34.4 Å². The minimum atomic E-state index is -1.53. The zero-order chi connectivity index (χ0) is 36.7. The van der Waals surface area contributed by atoms with Gasteiger partial charge in [-0.1, -0.05) is 0 Å². The second kappa shape index (κ2) is 15.2. The summed E-state index contributed by atoms with van der Waals surface area (Å²) in [5, 5.41) is 32.7. The van der Waals surface area contributed by atoms with E-state index in [4.69, 9.17) is 38.6 Å². The van der Waals surface area contributed by atoms with Crippen LogP contribution in [0.3, 0.4) is 0 Å². The lowest BCUT2D eigenvalue weighted by Gasteiger charge is -2.27. The Morgan fingerprint density at radius 1 is 0.708 bits per heavy atom. The highest BCUT2D eigenvalue weighted by molar-refractivity contribution is 6.20. The molecule has 2 amide bonds. The summed E-state index contributed by atoms with van der Waals surface area (Å²) in [7, 11) is 2.10. The molecule has 0 aliphatic rings. The van der Waals surface area contributed by atoms with E-state index in [0.717, 1.165) is 26.4 Å². The van der Waals surface area contributed by atoms with Crippen LogP contribution in [0, 0.1) is 6.92 Å². The highest BCUT2D eigenvalue weighted by Gasteiger charge is 2.37. The van der Waals surface area contributed by atoms with Crippen LogP contribution >= 0.6 is 0 Å². The minimum absolute atomic E-state index is 0.0987. The van der Waals surface area contributed by atoms with Gasteiger partial charge >= 0.3 is 30.1 Å². The first-order valence-electron chi connectivity index (χ1n) is 14.1. The van der Waals surface area contributed by atoms with Gasteiger partial charge in [-0.05, 0) is 66.2 Å². The Hall–Kier alpha value is -5.74. The number of carboxylic acid groups (broad SMARTS) is 2. The highest BCUT2D eigenvalue weighted by atomic mass is 16.6. The maximum absolute atomic E-state index is 14.6. The standard InChI is InChI=1S/C31H38N2O15/c1-14-10-16(34)21(26(48-31(5,6)7)23(14)45-18(35)12-32-28(39)40)22(37)20-15(27(38)44-9)11-17(47-30(2,3)4)24(25(20)43-8)46-19(36)13-33-29(41)42/h10-11,32-34H,12-13H2,1-9H3,(H,39,40)(H,41,42). The molecule has 2 aromatic carbocycles. The smallest absolute Gasteiger partial charge is 0.405 e. The Labute approximate surface area is 275 Å².